The Morgan fingerprint density at radius 3 is 2.72 bits per heavy atom. The van der Waals surface area contributed by atoms with Crippen LogP contribution in [0.3, 0.4) is 0 Å². The summed E-state index contributed by atoms with van der Waals surface area (Å²) in [6.07, 6.45) is 0.0821. The maximum absolute atomic E-state index is 12.7. The van der Waals surface area contributed by atoms with E-state index in [1.165, 1.54) is 4.90 Å². The van der Waals surface area contributed by atoms with E-state index in [9.17, 15) is 9.59 Å². The van der Waals surface area contributed by atoms with Crippen LogP contribution in [-0.2, 0) is 9.59 Å². The highest BCUT2D eigenvalue weighted by Crippen LogP contribution is 2.35. The van der Waals surface area contributed by atoms with Crippen LogP contribution in [-0.4, -0.2) is 24.6 Å². The molecular weight excluding hydrogens is 344 g/mol. The fourth-order valence-electron chi connectivity index (χ4n) is 2.92. The molecule has 1 unspecified atom stereocenters. The lowest BCUT2D eigenvalue weighted by Gasteiger charge is -2.17. The Morgan fingerprint density at radius 1 is 1.12 bits per heavy atom. The number of amides is 2. The lowest BCUT2D eigenvalue weighted by Crippen LogP contribution is -2.34. The van der Waals surface area contributed by atoms with Crippen molar-refractivity contribution in [1.82, 2.24) is 0 Å². The van der Waals surface area contributed by atoms with Crippen LogP contribution in [0.25, 0.3) is 0 Å². The molecule has 1 atom stereocenters. The molecule has 0 radical (unpaired) electrons. The van der Waals surface area contributed by atoms with Gasteiger partial charge in [0.25, 0.3) is 5.91 Å². The minimum atomic E-state index is -0.632. The number of nitrogens with zero attached hydrogens (tertiary/aromatic N) is 1. The van der Waals surface area contributed by atoms with Gasteiger partial charge in [0, 0.05) is 16.8 Å². The van der Waals surface area contributed by atoms with Crippen LogP contribution >= 0.6 is 11.6 Å². The Bertz CT molecular complexity index is 883. The number of anilines is 2. The first-order chi connectivity index (χ1) is 12.0. The zero-order valence-corrected chi connectivity index (χ0v) is 14.2. The zero-order valence-electron chi connectivity index (χ0n) is 13.4. The molecule has 0 aliphatic carbocycles. The topological polar surface area (TPSA) is 67.9 Å². The number of nitrogens with one attached hydrogen (secondary N) is 1. The number of imide groups is 1. The van der Waals surface area contributed by atoms with Crippen LogP contribution in [0.1, 0.15) is 12.0 Å². The van der Waals surface area contributed by atoms with Crippen LogP contribution in [0, 0.1) is 6.92 Å². The van der Waals surface area contributed by atoms with E-state index in [1.54, 1.807) is 36.4 Å². The molecule has 6 nitrogen and oxygen atoms in total. The van der Waals surface area contributed by atoms with Gasteiger partial charge in [-0.25, -0.2) is 4.90 Å². The molecule has 2 amide bonds. The molecule has 1 saturated heterocycles. The first kappa shape index (κ1) is 15.8. The lowest BCUT2D eigenvalue weighted by atomic mass is 10.2. The van der Waals surface area contributed by atoms with Crippen molar-refractivity contribution in [1.29, 1.82) is 0 Å². The highest BCUT2D eigenvalue weighted by Gasteiger charge is 2.39. The normalized spacial score (nSPS) is 18.8. The Labute approximate surface area is 149 Å². The van der Waals surface area contributed by atoms with E-state index >= 15 is 0 Å². The van der Waals surface area contributed by atoms with Crippen LogP contribution < -0.4 is 19.7 Å². The average molecular weight is 359 g/mol. The van der Waals surface area contributed by atoms with E-state index in [0.29, 0.717) is 27.9 Å². The summed E-state index contributed by atoms with van der Waals surface area (Å²) in [7, 11) is 0. The van der Waals surface area contributed by atoms with Gasteiger partial charge in [-0.1, -0.05) is 17.7 Å². The fraction of sp³-hybridized carbons (Fsp3) is 0.222. The molecule has 0 spiro atoms. The number of halogens is 1. The van der Waals surface area contributed by atoms with E-state index in [4.69, 9.17) is 21.1 Å². The number of ether oxygens (including phenoxy) is 2. The number of fused-ring (bicyclic) bond motifs is 1. The largest absolute Gasteiger partial charge is 0.454 e. The molecule has 2 aliphatic rings. The van der Waals surface area contributed by atoms with Gasteiger partial charge in [0.1, 0.15) is 6.04 Å². The van der Waals surface area contributed by atoms with Crippen molar-refractivity contribution in [2.24, 2.45) is 0 Å². The number of hydrogen-bond acceptors (Lipinski definition) is 5. The summed E-state index contributed by atoms with van der Waals surface area (Å²) in [6.45, 7) is 2.05. The van der Waals surface area contributed by atoms with E-state index in [2.05, 4.69) is 5.32 Å². The van der Waals surface area contributed by atoms with Crippen molar-refractivity contribution in [2.45, 2.75) is 19.4 Å². The van der Waals surface area contributed by atoms with Crippen molar-refractivity contribution >= 4 is 34.8 Å². The number of carbonyl (C=O) groups is 2. The highest BCUT2D eigenvalue weighted by molar-refractivity contribution is 6.32. The van der Waals surface area contributed by atoms with Gasteiger partial charge in [0.05, 0.1) is 12.1 Å². The van der Waals surface area contributed by atoms with Gasteiger partial charge in [0.2, 0.25) is 12.7 Å². The van der Waals surface area contributed by atoms with Crippen molar-refractivity contribution in [3.05, 3.63) is 47.0 Å². The van der Waals surface area contributed by atoms with Crippen molar-refractivity contribution in [2.75, 3.05) is 17.0 Å². The number of aryl methyl sites for hydroxylation is 1. The lowest BCUT2D eigenvalue weighted by molar-refractivity contribution is -0.121. The summed E-state index contributed by atoms with van der Waals surface area (Å²) < 4.78 is 10.6. The molecular formula is C18H15ClN2O4. The third-order valence-electron chi connectivity index (χ3n) is 4.27. The highest BCUT2D eigenvalue weighted by atomic mass is 35.5. The molecule has 2 heterocycles. The van der Waals surface area contributed by atoms with Gasteiger partial charge < -0.3 is 14.8 Å². The predicted octanol–water partition coefficient (Wildman–Crippen LogP) is 3.12. The van der Waals surface area contributed by atoms with E-state index in [-0.39, 0.29) is 25.0 Å². The summed E-state index contributed by atoms with van der Waals surface area (Å²) in [5.41, 5.74) is 2.07. The molecule has 0 bridgehead atoms. The quantitative estimate of drug-likeness (QED) is 0.854. The molecule has 1 fully saturated rings. The fourth-order valence-corrected chi connectivity index (χ4v) is 3.10. The summed E-state index contributed by atoms with van der Waals surface area (Å²) in [6, 6.07) is 9.82. The molecule has 0 aromatic heterocycles. The molecule has 0 saturated carbocycles. The van der Waals surface area contributed by atoms with Gasteiger partial charge in [-0.3, -0.25) is 9.59 Å². The van der Waals surface area contributed by atoms with Crippen LogP contribution in [0.2, 0.25) is 5.02 Å². The second-order valence-corrected chi connectivity index (χ2v) is 6.38. The van der Waals surface area contributed by atoms with E-state index in [0.717, 1.165) is 5.56 Å². The maximum Gasteiger partial charge on any atom is 0.256 e. The predicted molar refractivity (Wildman–Crippen MR) is 93.3 cm³/mol. The van der Waals surface area contributed by atoms with Crippen LogP contribution in [0.4, 0.5) is 11.4 Å². The smallest absolute Gasteiger partial charge is 0.256 e. The molecule has 2 aliphatic heterocycles. The third kappa shape index (κ3) is 2.78. The second kappa shape index (κ2) is 5.97. The first-order valence-corrected chi connectivity index (χ1v) is 8.20. The summed E-state index contributed by atoms with van der Waals surface area (Å²) in [5, 5.41) is 3.61. The number of benzene rings is 2. The van der Waals surface area contributed by atoms with Crippen LogP contribution in [0.5, 0.6) is 11.5 Å². The Morgan fingerprint density at radius 2 is 1.92 bits per heavy atom. The van der Waals surface area contributed by atoms with Gasteiger partial charge in [-0.15, -0.1) is 0 Å². The van der Waals surface area contributed by atoms with Gasteiger partial charge in [-0.05, 0) is 36.8 Å². The Kier molecular flexibility index (Phi) is 3.77. The van der Waals surface area contributed by atoms with Crippen molar-refractivity contribution < 1.29 is 19.1 Å². The SMILES string of the molecule is Cc1ccc(N2C(=O)CC(Nc3ccc4c(c3)OCO4)C2=O)cc1Cl. The number of hydrogen-bond donors (Lipinski definition) is 1. The molecule has 7 heteroatoms. The monoisotopic (exact) mass is 358 g/mol. The van der Waals surface area contributed by atoms with Gasteiger partial charge >= 0.3 is 0 Å². The zero-order chi connectivity index (χ0) is 17.6. The summed E-state index contributed by atoms with van der Waals surface area (Å²) >= 11 is 6.12. The molecule has 2 aromatic rings. The molecule has 1 N–H and O–H groups in total. The maximum atomic E-state index is 12.7. The molecule has 2 aromatic carbocycles. The Balaban J connectivity index is 1.55. The van der Waals surface area contributed by atoms with E-state index in [1.807, 2.05) is 6.92 Å². The number of rotatable bonds is 3. The standard InChI is InChI=1S/C18H15ClN2O4/c1-10-2-4-12(7-13(10)19)21-17(22)8-14(18(21)23)20-11-3-5-15-16(6-11)25-9-24-15/h2-7,14,20H,8-9H2,1H3. The van der Waals surface area contributed by atoms with E-state index < -0.39 is 6.04 Å². The van der Waals surface area contributed by atoms with Gasteiger partial charge in [0.15, 0.2) is 11.5 Å². The Hall–Kier alpha value is -2.73. The van der Waals surface area contributed by atoms with Crippen LogP contribution in [0.15, 0.2) is 36.4 Å². The third-order valence-corrected chi connectivity index (χ3v) is 4.68. The average Bonchev–Trinajstić information content (AvgIpc) is 3.15. The molecule has 4 rings (SSSR count). The number of carbonyl (C=O) groups excluding carboxylic acids is 2. The molecule has 128 valence electrons. The first-order valence-electron chi connectivity index (χ1n) is 7.82. The summed E-state index contributed by atoms with van der Waals surface area (Å²) in [4.78, 5) is 26.2. The summed E-state index contributed by atoms with van der Waals surface area (Å²) in [5.74, 6) is 0.713. The second-order valence-electron chi connectivity index (χ2n) is 5.97. The molecule has 25 heavy (non-hydrogen) atoms. The minimum Gasteiger partial charge on any atom is -0.454 e. The van der Waals surface area contributed by atoms with Crippen molar-refractivity contribution in [3.63, 3.8) is 0 Å². The van der Waals surface area contributed by atoms with Crippen molar-refractivity contribution in [3.8, 4) is 11.5 Å². The van der Waals surface area contributed by atoms with Gasteiger partial charge in [-0.2, -0.15) is 0 Å². The minimum absolute atomic E-state index is 0.0821.